The Morgan fingerprint density at radius 2 is 2.33 bits per heavy atom. The highest BCUT2D eigenvalue weighted by Gasteiger charge is 1.98. The second kappa shape index (κ2) is 4.64. The molecule has 1 N–H and O–H groups in total. The predicted octanol–water partition coefficient (Wildman–Crippen LogP) is 0.280. The van der Waals surface area contributed by atoms with Crippen molar-refractivity contribution in [1.29, 1.82) is 0 Å². The van der Waals surface area contributed by atoms with Gasteiger partial charge in [-0.2, -0.15) is 12.6 Å². The second-order valence-corrected chi connectivity index (χ2v) is 2.15. The van der Waals surface area contributed by atoms with Crippen molar-refractivity contribution in [2.24, 2.45) is 0 Å². The molecule has 0 rings (SSSR count). The summed E-state index contributed by atoms with van der Waals surface area (Å²) in [4.78, 5) is 11.8. The number of nitrogens with zero attached hydrogens (tertiary/aromatic N) is 1. The predicted molar refractivity (Wildman–Crippen MR) is 38.7 cm³/mol. The number of hydrogen-bond acceptors (Lipinski definition) is 3. The smallest absolute Gasteiger partial charge is 0.304 e. The number of carbonyl (C=O) groups is 1. The highest BCUT2D eigenvalue weighted by molar-refractivity contribution is 7.80. The average molecular weight is 149 g/mol. The van der Waals surface area contributed by atoms with Gasteiger partial charge >= 0.3 is 5.97 Å². The van der Waals surface area contributed by atoms with Crippen molar-refractivity contribution >= 4 is 18.6 Å². The molecule has 4 heteroatoms. The van der Waals surface area contributed by atoms with Crippen molar-refractivity contribution < 1.29 is 9.90 Å². The third-order valence-electron chi connectivity index (χ3n) is 0.949. The molecule has 0 unspecified atom stereocenters. The van der Waals surface area contributed by atoms with Crippen LogP contribution in [0.4, 0.5) is 0 Å². The molecule has 9 heavy (non-hydrogen) atoms. The molecular formula is C5H11NO2S. The van der Waals surface area contributed by atoms with E-state index in [2.05, 4.69) is 12.6 Å². The number of carboxylic acids is 1. The van der Waals surface area contributed by atoms with Crippen LogP contribution in [0, 0.1) is 0 Å². The zero-order valence-electron chi connectivity index (χ0n) is 5.37. The monoisotopic (exact) mass is 149 g/mol. The summed E-state index contributed by atoms with van der Waals surface area (Å²) < 4.78 is 0. The number of aliphatic carboxylic acids is 1. The van der Waals surface area contributed by atoms with Crippen LogP contribution < -0.4 is 0 Å². The number of hydrogen-bond donors (Lipinski definition) is 2. The molecule has 0 atom stereocenters. The molecule has 0 bridgehead atoms. The molecule has 0 radical (unpaired) electrons. The van der Waals surface area contributed by atoms with E-state index < -0.39 is 5.97 Å². The molecule has 0 aliphatic rings. The summed E-state index contributed by atoms with van der Waals surface area (Å²) in [5, 5.41) is 8.21. The van der Waals surface area contributed by atoms with Crippen LogP contribution in [0.2, 0.25) is 0 Å². The lowest BCUT2D eigenvalue weighted by molar-refractivity contribution is -0.137. The maximum Gasteiger partial charge on any atom is 0.304 e. The molecule has 3 nitrogen and oxygen atoms in total. The van der Waals surface area contributed by atoms with Gasteiger partial charge in [0.15, 0.2) is 0 Å². The van der Waals surface area contributed by atoms with Crippen molar-refractivity contribution in [2.45, 2.75) is 6.42 Å². The van der Waals surface area contributed by atoms with Gasteiger partial charge in [-0.05, 0) is 7.05 Å². The third kappa shape index (κ3) is 5.65. The van der Waals surface area contributed by atoms with E-state index in [0.717, 1.165) is 0 Å². The molecule has 0 aromatic heterocycles. The van der Waals surface area contributed by atoms with Crippen molar-refractivity contribution in [3.05, 3.63) is 0 Å². The van der Waals surface area contributed by atoms with Crippen molar-refractivity contribution in [3.8, 4) is 0 Å². The van der Waals surface area contributed by atoms with Gasteiger partial charge in [0.25, 0.3) is 0 Å². The maximum absolute atomic E-state index is 9.97. The Kier molecular flexibility index (Phi) is 4.53. The first-order chi connectivity index (χ1) is 4.16. The van der Waals surface area contributed by atoms with E-state index in [9.17, 15) is 4.79 Å². The molecule has 0 aliphatic carbocycles. The molecule has 0 amide bonds. The van der Waals surface area contributed by atoms with Gasteiger partial charge in [0.1, 0.15) is 0 Å². The fourth-order valence-electron chi connectivity index (χ4n) is 0.357. The molecule has 0 fully saturated rings. The fraction of sp³-hybridized carbons (Fsp3) is 0.800. The Bertz CT molecular complexity index is 97.0. The largest absolute Gasteiger partial charge is 0.481 e. The van der Waals surface area contributed by atoms with Gasteiger partial charge in [-0.3, -0.25) is 9.69 Å². The standard InChI is InChI=1S/C5H11NO2S/c1-6(4-9)3-2-5(7)8/h9H,2-4H2,1H3,(H,7,8). The third-order valence-corrected chi connectivity index (χ3v) is 1.43. The summed E-state index contributed by atoms with van der Waals surface area (Å²) in [5.74, 6) is -0.156. The lowest BCUT2D eigenvalue weighted by atomic mass is 10.4. The fourth-order valence-corrected chi connectivity index (χ4v) is 0.499. The molecule has 0 heterocycles. The van der Waals surface area contributed by atoms with Crippen molar-refractivity contribution in [3.63, 3.8) is 0 Å². The van der Waals surface area contributed by atoms with Crippen LogP contribution in [0.25, 0.3) is 0 Å². The summed E-state index contributed by atoms with van der Waals surface area (Å²) in [5.41, 5.74) is 0. The van der Waals surface area contributed by atoms with Gasteiger partial charge in [-0.25, -0.2) is 0 Å². The minimum atomic E-state index is -0.761. The lowest BCUT2D eigenvalue weighted by Crippen LogP contribution is -2.19. The van der Waals surface area contributed by atoms with Crippen molar-refractivity contribution in [1.82, 2.24) is 4.90 Å². The Morgan fingerprint density at radius 1 is 1.78 bits per heavy atom. The maximum atomic E-state index is 9.97. The van der Waals surface area contributed by atoms with Gasteiger partial charge in [0.2, 0.25) is 0 Å². The number of rotatable bonds is 4. The molecule has 0 aromatic carbocycles. The van der Waals surface area contributed by atoms with Crippen LogP contribution in [-0.2, 0) is 4.79 Å². The summed E-state index contributed by atoms with van der Waals surface area (Å²) in [6.45, 7) is 0.568. The minimum Gasteiger partial charge on any atom is -0.481 e. The van der Waals surface area contributed by atoms with E-state index in [4.69, 9.17) is 5.11 Å². The molecule has 0 aliphatic heterocycles. The summed E-state index contributed by atoms with van der Waals surface area (Å²) in [7, 11) is 1.83. The van der Waals surface area contributed by atoms with Gasteiger partial charge in [-0.15, -0.1) is 0 Å². The van der Waals surface area contributed by atoms with E-state index in [1.807, 2.05) is 11.9 Å². The highest BCUT2D eigenvalue weighted by atomic mass is 32.1. The van der Waals surface area contributed by atoms with Crippen LogP contribution >= 0.6 is 12.6 Å². The molecule has 54 valence electrons. The minimum absolute atomic E-state index is 0.192. The topological polar surface area (TPSA) is 40.5 Å². The normalized spacial score (nSPS) is 10.1. The van der Waals surface area contributed by atoms with E-state index in [1.54, 1.807) is 0 Å². The lowest BCUT2D eigenvalue weighted by Gasteiger charge is -2.09. The van der Waals surface area contributed by atoms with Crippen molar-refractivity contribution in [2.75, 3.05) is 19.5 Å². The van der Waals surface area contributed by atoms with Gasteiger partial charge in [0, 0.05) is 12.4 Å². The van der Waals surface area contributed by atoms with Crippen LogP contribution in [0.5, 0.6) is 0 Å². The van der Waals surface area contributed by atoms with Crippen LogP contribution in [0.1, 0.15) is 6.42 Å². The average Bonchev–Trinajstić information content (AvgIpc) is 1.83. The Hall–Kier alpha value is -0.220. The van der Waals surface area contributed by atoms with E-state index in [0.29, 0.717) is 12.4 Å². The molecule has 0 aromatic rings. The van der Waals surface area contributed by atoms with Gasteiger partial charge in [-0.1, -0.05) is 0 Å². The van der Waals surface area contributed by atoms with E-state index >= 15 is 0 Å². The second-order valence-electron chi connectivity index (χ2n) is 1.86. The molecular weight excluding hydrogens is 138 g/mol. The van der Waals surface area contributed by atoms with Gasteiger partial charge < -0.3 is 5.11 Å². The number of carboxylic acid groups (broad SMARTS) is 1. The summed E-state index contributed by atoms with van der Waals surface area (Å²) >= 11 is 3.95. The molecule has 0 spiro atoms. The molecule has 0 saturated heterocycles. The van der Waals surface area contributed by atoms with Gasteiger partial charge in [0.05, 0.1) is 6.42 Å². The zero-order valence-corrected chi connectivity index (χ0v) is 6.27. The SMILES string of the molecule is CN(CS)CCC(=O)O. The number of thiol groups is 1. The Morgan fingerprint density at radius 3 is 2.67 bits per heavy atom. The Labute approximate surface area is 60.1 Å². The van der Waals surface area contributed by atoms with Crippen LogP contribution in [-0.4, -0.2) is 35.4 Å². The highest BCUT2D eigenvalue weighted by Crippen LogP contribution is 1.87. The Balaban J connectivity index is 3.16. The molecule has 0 saturated carbocycles. The van der Waals surface area contributed by atoms with E-state index in [1.165, 1.54) is 0 Å². The van der Waals surface area contributed by atoms with E-state index in [-0.39, 0.29) is 6.42 Å². The summed E-state index contributed by atoms with van der Waals surface area (Å²) in [6, 6.07) is 0. The van der Waals surface area contributed by atoms with Crippen LogP contribution in [0.3, 0.4) is 0 Å². The first-order valence-electron chi connectivity index (χ1n) is 2.68. The first-order valence-corrected chi connectivity index (χ1v) is 3.31. The van der Waals surface area contributed by atoms with Crippen LogP contribution in [0.15, 0.2) is 0 Å². The quantitative estimate of drug-likeness (QED) is 0.445. The first kappa shape index (κ1) is 8.78. The summed E-state index contributed by atoms with van der Waals surface area (Å²) in [6.07, 6.45) is 0.192. The zero-order chi connectivity index (χ0) is 7.28.